The van der Waals surface area contributed by atoms with Gasteiger partial charge in [0.25, 0.3) is 0 Å². The Bertz CT molecular complexity index is 4070. The molecule has 3 nitrogen and oxygen atoms in total. The average molecular weight is 905 g/mol. The Balaban J connectivity index is 0.955. The molecule has 0 unspecified atom stereocenters. The zero-order valence-corrected chi connectivity index (χ0v) is 38.7. The first kappa shape index (κ1) is 41.7. The van der Waals surface area contributed by atoms with E-state index in [0.29, 0.717) is 5.82 Å². The SMILES string of the molecule is c1ccc(-c2ccc(-c3cc(-c4cccc(-c5cccc(-c6cc(-c7ccccc7)cc(-c7ccc8oc9ccc%10ccccc%10c9c8c7)c6-c6ccccc6)c5)c4)nc(-c4ccccc4)n3)cc2)cc1. The highest BCUT2D eigenvalue weighted by Gasteiger charge is 2.20. The first-order valence-corrected chi connectivity index (χ1v) is 24.1. The summed E-state index contributed by atoms with van der Waals surface area (Å²) in [6.07, 6.45) is 0. The summed E-state index contributed by atoms with van der Waals surface area (Å²) in [4.78, 5) is 10.4. The molecule has 0 saturated heterocycles. The lowest BCUT2D eigenvalue weighted by Crippen LogP contribution is -1.96. The summed E-state index contributed by atoms with van der Waals surface area (Å²) in [5.74, 6) is 0.689. The first-order valence-electron chi connectivity index (χ1n) is 24.1. The standard InChI is InChI=1S/C68H44N2O/c1-5-17-45(18-6-1)47-31-33-49(34-32-47)62-44-63(70-68(69-62)51-24-11-4-12-25-51)56-29-16-27-53(40-56)52-26-15-28-54(39-52)59-42-57(46-19-7-2-8-20-46)43-60(66(59)50-22-9-3-10-23-50)55-36-37-64-61(41-55)67-58-30-14-13-21-48(58)35-38-65(67)71-64/h1-44H. The van der Waals surface area contributed by atoms with Crippen molar-refractivity contribution in [2.24, 2.45) is 0 Å². The van der Waals surface area contributed by atoms with Gasteiger partial charge in [-0.25, -0.2) is 9.97 Å². The minimum Gasteiger partial charge on any atom is -0.456 e. The predicted molar refractivity (Wildman–Crippen MR) is 296 cm³/mol. The number of aromatic nitrogens is 2. The predicted octanol–water partition coefficient (Wildman–Crippen LogP) is 18.5. The Morgan fingerprint density at radius 3 is 1.39 bits per heavy atom. The van der Waals surface area contributed by atoms with Crippen LogP contribution in [0.2, 0.25) is 0 Å². The van der Waals surface area contributed by atoms with Gasteiger partial charge < -0.3 is 4.42 Å². The van der Waals surface area contributed by atoms with Crippen molar-refractivity contribution < 1.29 is 4.42 Å². The van der Waals surface area contributed by atoms with Crippen LogP contribution in [-0.4, -0.2) is 9.97 Å². The smallest absolute Gasteiger partial charge is 0.160 e. The zero-order chi connectivity index (χ0) is 47.1. The van der Waals surface area contributed by atoms with Gasteiger partial charge in [0.15, 0.2) is 5.82 Å². The van der Waals surface area contributed by atoms with E-state index >= 15 is 0 Å². The summed E-state index contributed by atoms with van der Waals surface area (Å²) in [6, 6.07) is 95.0. The molecule has 0 spiro atoms. The zero-order valence-electron chi connectivity index (χ0n) is 38.7. The lowest BCUT2D eigenvalue weighted by Gasteiger charge is -2.20. The fourth-order valence-corrected chi connectivity index (χ4v) is 10.2. The average Bonchev–Trinajstić information content (AvgIpc) is 3.84. The van der Waals surface area contributed by atoms with Crippen LogP contribution in [0.3, 0.4) is 0 Å². The van der Waals surface area contributed by atoms with Crippen molar-refractivity contribution in [1.29, 1.82) is 0 Å². The summed E-state index contributed by atoms with van der Waals surface area (Å²) in [5.41, 5.74) is 20.3. The second kappa shape index (κ2) is 17.9. The van der Waals surface area contributed by atoms with Crippen LogP contribution in [0.4, 0.5) is 0 Å². The number of fused-ring (bicyclic) bond motifs is 5. The van der Waals surface area contributed by atoms with Crippen molar-refractivity contribution in [3.63, 3.8) is 0 Å². The van der Waals surface area contributed by atoms with Crippen LogP contribution >= 0.6 is 0 Å². The molecular formula is C68H44N2O. The Labute approximate surface area is 412 Å². The third kappa shape index (κ3) is 7.96. The normalized spacial score (nSPS) is 11.4. The second-order valence-corrected chi connectivity index (χ2v) is 18.1. The van der Waals surface area contributed by atoms with Crippen LogP contribution in [0, 0.1) is 0 Å². The van der Waals surface area contributed by atoms with Crippen LogP contribution in [0.25, 0.3) is 133 Å². The summed E-state index contributed by atoms with van der Waals surface area (Å²) >= 11 is 0. The van der Waals surface area contributed by atoms with Crippen molar-refractivity contribution in [2.45, 2.75) is 0 Å². The summed E-state index contributed by atoms with van der Waals surface area (Å²) in [7, 11) is 0. The summed E-state index contributed by atoms with van der Waals surface area (Å²) in [6.45, 7) is 0. The van der Waals surface area contributed by atoms with Crippen LogP contribution in [-0.2, 0) is 0 Å². The van der Waals surface area contributed by atoms with E-state index in [4.69, 9.17) is 14.4 Å². The number of nitrogens with zero attached hydrogens (tertiary/aromatic N) is 2. The van der Waals surface area contributed by atoms with E-state index in [0.717, 1.165) is 100 Å². The van der Waals surface area contributed by atoms with E-state index < -0.39 is 0 Å². The number of benzene rings is 11. The molecule has 0 atom stereocenters. The largest absolute Gasteiger partial charge is 0.456 e. The molecule has 2 aromatic heterocycles. The third-order valence-electron chi connectivity index (χ3n) is 13.7. The van der Waals surface area contributed by atoms with Crippen molar-refractivity contribution >= 4 is 32.7 Å². The van der Waals surface area contributed by atoms with Crippen LogP contribution in [0.15, 0.2) is 271 Å². The fourth-order valence-electron chi connectivity index (χ4n) is 10.2. The maximum Gasteiger partial charge on any atom is 0.160 e. The van der Waals surface area contributed by atoms with E-state index in [9.17, 15) is 0 Å². The van der Waals surface area contributed by atoms with Crippen molar-refractivity contribution in [3.8, 4) is 101 Å². The minimum atomic E-state index is 0.689. The second-order valence-electron chi connectivity index (χ2n) is 18.1. The molecule has 0 fully saturated rings. The van der Waals surface area contributed by atoms with Gasteiger partial charge in [-0.05, 0) is 126 Å². The quantitative estimate of drug-likeness (QED) is 0.145. The molecule has 13 aromatic rings. The molecule has 11 aromatic carbocycles. The van der Waals surface area contributed by atoms with E-state index in [-0.39, 0.29) is 0 Å². The van der Waals surface area contributed by atoms with Crippen molar-refractivity contribution in [1.82, 2.24) is 9.97 Å². The Morgan fingerprint density at radius 1 is 0.254 bits per heavy atom. The van der Waals surface area contributed by atoms with Crippen molar-refractivity contribution in [3.05, 3.63) is 267 Å². The highest BCUT2D eigenvalue weighted by Crippen LogP contribution is 2.46. The number of furan rings is 1. The molecule has 332 valence electrons. The summed E-state index contributed by atoms with van der Waals surface area (Å²) < 4.78 is 6.51. The van der Waals surface area contributed by atoms with E-state index in [1.807, 2.05) is 24.3 Å². The molecule has 0 bridgehead atoms. The van der Waals surface area contributed by atoms with Gasteiger partial charge in [0.05, 0.1) is 11.4 Å². The van der Waals surface area contributed by atoms with E-state index in [1.54, 1.807) is 0 Å². The lowest BCUT2D eigenvalue weighted by molar-refractivity contribution is 0.669. The van der Waals surface area contributed by atoms with Crippen molar-refractivity contribution in [2.75, 3.05) is 0 Å². The van der Waals surface area contributed by atoms with Gasteiger partial charge in [-0.3, -0.25) is 0 Å². The molecule has 2 heterocycles. The number of hydrogen-bond acceptors (Lipinski definition) is 3. The van der Waals surface area contributed by atoms with Crippen LogP contribution in [0.5, 0.6) is 0 Å². The molecule has 0 aliphatic heterocycles. The van der Waals surface area contributed by atoms with Gasteiger partial charge in [-0.1, -0.05) is 218 Å². The molecule has 3 heteroatoms. The molecule has 71 heavy (non-hydrogen) atoms. The van der Waals surface area contributed by atoms with Gasteiger partial charge in [-0.2, -0.15) is 0 Å². The first-order chi connectivity index (χ1) is 35.2. The highest BCUT2D eigenvalue weighted by molar-refractivity contribution is 6.19. The molecule has 0 aliphatic rings. The third-order valence-corrected chi connectivity index (χ3v) is 13.7. The Morgan fingerprint density at radius 2 is 0.718 bits per heavy atom. The molecule has 0 radical (unpaired) electrons. The van der Waals surface area contributed by atoms with Gasteiger partial charge in [0.2, 0.25) is 0 Å². The number of hydrogen-bond donors (Lipinski definition) is 0. The monoisotopic (exact) mass is 904 g/mol. The molecular weight excluding hydrogens is 861 g/mol. The summed E-state index contributed by atoms with van der Waals surface area (Å²) in [5, 5.41) is 4.63. The molecule has 0 N–H and O–H groups in total. The molecule has 0 aliphatic carbocycles. The van der Waals surface area contributed by atoms with Crippen LogP contribution in [0.1, 0.15) is 0 Å². The number of rotatable bonds is 9. The minimum absolute atomic E-state index is 0.689. The maximum absolute atomic E-state index is 6.51. The molecule has 0 saturated carbocycles. The van der Waals surface area contributed by atoms with Crippen LogP contribution < -0.4 is 0 Å². The van der Waals surface area contributed by atoms with E-state index in [2.05, 4.69) is 243 Å². The Hall–Kier alpha value is -9.44. The van der Waals surface area contributed by atoms with E-state index in [1.165, 1.54) is 27.5 Å². The van der Waals surface area contributed by atoms with Gasteiger partial charge in [0, 0.05) is 27.5 Å². The molecule has 0 amide bonds. The van der Waals surface area contributed by atoms with Gasteiger partial charge in [-0.15, -0.1) is 0 Å². The molecule has 13 rings (SSSR count). The topological polar surface area (TPSA) is 38.9 Å². The maximum atomic E-state index is 6.51. The van der Waals surface area contributed by atoms with Gasteiger partial charge in [0.1, 0.15) is 11.2 Å². The fraction of sp³-hybridized carbons (Fsp3) is 0. The lowest BCUT2D eigenvalue weighted by atomic mass is 9.84. The Kier molecular flexibility index (Phi) is 10.5. The highest BCUT2D eigenvalue weighted by atomic mass is 16.3. The van der Waals surface area contributed by atoms with Gasteiger partial charge >= 0.3 is 0 Å².